The molecule has 1 heterocycles. The number of hydrogen-bond acceptors (Lipinski definition) is 4. The van der Waals surface area contributed by atoms with Crippen LogP contribution < -0.4 is 5.32 Å². The number of likely N-dealkylation sites (N-methyl/N-ethyl adjacent to an activating group) is 1. The standard InChI is InChI=1S/C8H14N2O3S/c1-9-5-8(11)7-3-4-10(6-7)14(2,12)13/h3-4,6,8-9,11H,5H2,1-2H3. The van der Waals surface area contributed by atoms with Crippen LogP contribution in [0.2, 0.25) is 0 Å². The summed E-state index contributed by atoms with van der Waals surface area (Å²) in [6, 6.07) is 1.59. The fourth-order valence-corrected chi connectivity index (χ4v) is 1.70. The average molecular weight is 218 g/mol. The molecule has 1 rings (SSSR count). The van der Waals surface area contributed by atoms with Crippen LogP contribution in [0.4, 0.5) is 0 Å². The number of aliphatic hydroxyl groups is 1. The van der Waals surface area contributed by atoms with Gasteiger partial charge in [-0.05, 0) is 13.1 Å². The van der Waals surface area contributed by atoms with Crippen LogP contribution in [0, 0.1) is 0 Å². The first kappa shape index (κ1) is 11.2. The van der Waals surface area contributed by atoms with Gasteiger partial charge in [0, 0.05) is 24.5 Å². The third-order valence-corrected chi connectivity index (χ3v) is 2.85. The summed E-state index contributed by atoms with van der Waals surface area (Å²) in [5.41, 5.74) is 0.588. The van der Waals surface area contributed by atoms with Crippen molar-refractivity contribution in [3.8, 4) is 0 Å². The molecule has 5 nitrogen and oxygen atoms in total. The van der Waals surface area contributed by atoms with Gasteiger partial charge in [-0.3, -0.25) is 3.97 Å². The highest BCUT2D eigenvalue weighted by molar-refractivity contribution is 7.89. The van der Waals surface area contributed by atoms with Crippen molar-refractivity contribution in [3.63, 3.8) is 0 Å². The summed E-state index contributed by atoms with van der Waals surface area (Å²) >= 11 is 0. The second kappa shape index (κ2) is 4.12. The Labute approximate surface area is 83.4 Å². The summed E-state index contributed by atoms with van der Waals surface area (Å²) in [5, 5.41) is 12.3. The summed E-state index contributed by atoms with van der Waals surface area (Å²) in [7, 11) is -1.53. The first-order valence-corrected chi connectivity index (χ1v) is 6.01. The zero-order chi connectivity index (χ0) is 10.8. The normalized spacial score (nSPS) is 14.2. The number of aromatic nitrogens is 1. The lowest BCUT2D eigenvalue weighted by molar-refractivity contribution is 0.178. The second-order valence-electron chi connectivity index (χ2n) is 3.11. The SMILES string of the molecule is CNCC(O)c1ccn(S(C)(=O)=O)c1. The van der Waals surface area contributed by atoms with E-state index >= 15 is 0 Å². The third kappa shape index (κ3) is 2.57. The largest absolute Gasteiger partial charge is 0.387 e. The Hall–Kier alpha value is -0.850. The van der Waals surface area contributed by atoms with E-state index in [1.165, 1.54) is 12.4 Å². The highest BCUT2D eigenvalue weighted by Gasteiger charge is 2.11. The predicted octanol–water partition coefficient (Wildman–Crippen LogP) is -0.451. The molecule has 1 unspecified atom stereocenters. The van der Waals surface area contributed by atoms with Crippen LogP contribution in [0.25, 0.3) is 0 Å². The minimum Gasteiger partial charge on any atom is -0.387 e. The molecule has 0 bridgehead atoms. The highest BCUT2D eigenvalue weighted by Crippen LogP contribution is 2.13. The Morgan fingerprint density at radius 2 is 2.29 bits per heavy atom. The van der Waals surface area contributed by atoms with Gasteiger partial charge in [0.15, 0.2) is 0 Å². The van der Waals surface area contributed by atoms with Gasteiger partial charge in [0.2, 0.25) is 10.0 Å². The summed E-state index contributed by atoms with van der Waals surface area (Å²) in [6.07, 6.45) is 3.27. The van der Waals surface area contributed by atoms with Crippen molar-refractivity contribution in [2.24, 2.45) is 0 Å². The van der Waals surface area contributed by atoms with E-state index in [4.69, 9.17) is 0 Å². The second-order valence-corrected chi connectivity index (χ2v) is 5.00. The number of aliphatic hydroxyl groups excluding tert-OH is 1. The molecule has 0 aliphatic rings. The lowest BCUT2D eigenvalue weighted by atomic mass is 10.2. The van der Waals surface area contributed by atoms with Crippen molar-refractivity contribution < 1.29 is 13.5 Å². The quantitative estimate of drug-likeness (QED) is 0.718. The van der Waals surface area contributed by atoms with Crippen LogP contribution in [-0.2, 0) is 10.0 Å². The zero-order valence-corrected chi connectivity index (χ0v) is 8.95. The predicted molar refractivity (Wildman–Crippen MR) is 53.6 cm³/mol. The van der Waals surface area contributed by atoms with E-state index in [0.717, 1.165) is 10.2 Å². The molecule has 0 saturated heterocycles. The van der Waals surface area contributed by atoms with Gasteiger partial charge in [0.25, 0.3) is 0 Å². The van der Waals surface area contributed by atoms with Gasteiger partial charge in [-0.15, -0.1) is 0 Å². The van der Waals surface area contributed by atoms with Gasteiger partial charge in [0.1, 0.15) is 0 Å². The molecule has 0 aromatic carbocycles. The molecule has 0 radical (unpaired) electrons. The maximum absolute atomic E-state index is 11.1. The first-order valence-electron chi connectivity index (χ1n) is 4.16. The van der Waals surface area contributed by atoms with Crippen LogP contribution in [0.3, 0.4) is 0 Å². The number of rotatable bonds is 4. The van der Waals surface area contributed by atoms with E-state index in [-0.39, 0.29) is 0 Å². The van der Waals surface area contributed by atoms with E-state index in [1.54, 1.807) is 13.1 Å². The van der Waals surface area contributed by atoms with Crippen LogP contribution in [0.5, 0.6) is 0 Å². The average Bonchev–Trinajstić information content (AvgIpc) is 2.51. The summed E-state index contributed by atoms with van der Waals surface area (Å²) in [4.78, 5) is 0. The molecule has 2 N–H and O–H groups in total. The van der Waals surface area contributed by atoms with Gasteiger partial charge in [0.05, 0.1) is 12.4 Å². The van der Waals surface area contributed by atoms with Gasteiger partial charge in [-0.2, -0.15) is 0 Å². The van der Waals surface area contributed by atoms with E-state index in [1.807, 2.05) is 0 Å². The molecule has 0 amide bonds. The van der Waals surface area contributed by atoms with Crippen LogP contribution in [0.15, 0.2) is 18.5 Å². The topological polar surface area (TPSA) is 71.3 Å². The smallest absolute Gasteiger partial charge is 0.235 e. The van der Waals surface area contributed by atoms with E-state index in [0.29, 0.717) is 12.1 Å². The molecule has 1 aromatic rings. The number of nitrogens with one attached hydrogen (secondary N) is 1. The van der Waals surface area contributed by atoms with Crippen LogP contribution in [-0.4, -0.2) is 37.3 Å². The van der Waals surface area contributed by atoms with E-state index in [9.17, 15) is 13.5 Å². The Morgan fingerprint density at radius 1 is 1.64 bits per heavy atom. The Kier molecular flexibility index (Phi) is 3.30. The van der Waals surface area contributed by atoms with Crippen molar-refractivity contribution in [1.29, 1.82) is 0 Å². The maximum atomic E-state index is 11.1. The lowest BCUT2D eigenvalue weighted by Gasteiger charge is -2.06. The molecular formula is C8H14N2O3S. The summed E-state index contributed by atoms with van der Waals surface area (Å²) < 4.78 is 23.3. The Bertz CT molecular complexity index is 396. The molecule has 14 heavy (non-hydrogen) atoms. The Balaban J connectivity index is 2.88. The van der Waals surface area contributed by atoms with Crippen molar-refractivity contribution in [2.75, 3.05) is 19.8 Å². The fourth-order valence-electron chi connectivity index (χ4n) is 1.11. The van der Waals surface area contributed by atoms with Crippen LogP contribution >= 0.6 is 0 Å². The van der Waals surface area contributed by atoms with Gasteiger partial charge in [-0.25, -0.2) is 8.42 Å². The van der Waals surface area contributed by atoms with Crippen molar-refractivity contribution >= 4 is 10.0 Å². The van der Waals surface area contributed by atoms with E-state index in [2.05, 4.69) is 5.32 Å². The van der Waals surface area contributed by atoms with E-state index < -0.39 is 16.1 Å². The molecule has 0 fully saturated rings. The fraction of sp³-hybridized carbons (Fsp3) is 0.500. The number of nitrogens with zero attached hydrogens (tertiary/aromatic N) is 1. The van der Waals surface area contributed by atoms with Gasteiger partial charge < -0.3 is 10.4 Å². The zero-order valence-electron chi connectivity index (χ0n) is 8.14. The molecule has 0 saturated carbocycles. The molecular weight excluding hydrogens is 204 g/mol. The monoisotopic (exact) mass is 218 g/mol. The molecule has 1 atom stereocenters. The molecule has 0 aliphatic carbocycles. The minimum atomic E-state index is -3.25. The van der Waals surface area contributed by atoms with Crippen LogP contribution in [0.1, 0.15) is 11.7 Å². The van der Waals surface area contributed by atoms with Crippen molar-refractivity contribution in [3.05, 3.63) is 24.0 Å². The third-order valence-electron chi connectivity index (χ3n) is 1.86. The molecule has 1 aromatic heterocycles. The minimum absolute atomic E-state index is 0.397. The Morgan fingerprint density at radius 3 is 2.71 bits per heavy atom. The van der Waals surface area contributed by atoms with Crippen molar-refractivity contribution in [1.82, 2.24) is 9.29 Å². The summed E-state index contributed by atoms with van der Waals surface area (Å²) in [6.45, 7) is 0.397. The summed E-state index contributed by atoms with van der Waals surface area (Å²) in [5.74, 6) is 0. The maximum Gasteiger partial charge on any atom is 0.235 e. The van der Waals surface area contributed by atoms with Crippen molar-refractivity contribution in [2.45, 2.75) is 6.10 Å². The van der Waals surface area contributed by atoms with Gasteiger partial charge >= 0.3 is 0 Å². The molecule has 0 aliphatic heterocycles. The van der Waals surface area contributed by atoms with Gasteiger partial charge in [-0.1, -0.05) is 0 Å². The lowest BCUT2D eigenvalue weighted by Crippen LogP contribution is -2.16. The number of hydrogen-bond donors (Lipinski definition) is 2. The first-order chi connectivity index (χ1) is 6.45. The molecule has 6 heteroatoms. The molecule has 80 valence electrons. The highest BCUT2D eigenvalue weighted by atomic mass is 32.2. The molecule has 0 spiro atoms.